The summed E-state index contributed by atoms with van der Waals surface area (Å²) < 4.78 is 5.60. The zero-order valence-electron chi connectivity index (χ0n) is 15.6. The van der Waals surface area contributed by atoms with E-state index in [9.17, 15) is 5.11 Å². The van der Waals surface area contributed by atoms with Crippen LogP contribution < -0.4 is 5.32 Å². The van der Waals surface area contributed by atoms with Gasteiger partial charge in [-0.15, -0.1) is 24.0 Å². The molecular weight excluding hydrogens is 500 g/mol. The Morgan fingerprint density at radius 2 is 2.11 bits per heavy atom. The summed E-state index contributed by atoms with van der Waals surface area (Å²) in [5, 5.41) is 14.5. The minimum absolute atomic E-state index is 0. The second-order valence-corrected chi connectivity index (χ2v) is 7.92. The van der Waals surface area contributed by atoms with E-state index >= 15 is 0 Å². The van der Waals surface area contributed by atoms with Gasteiger partial charge in [0, 0.05) is 48.3 Å². The molecule has 0 aromatic heterocycles. The molecule has 152 valence electrons. The summed E-state index contributed by atoms with van der Waals surface area (Å²) in [7, 11) is 0. The SMILES string of the molecule is CCNC(=NCC1(c2ccc(Cl)cc2Cl)CCOCC1)N1CC[C@@H](O)C1.I. The van der Waals surface area contributed by atoms with Crippen molar-refractivity contribution < 1.29 is 9.84 Å². The van der Waals surface area contributed by atoms with Gasteiger partial charge >= 0.3 is 0 Å². The number of guanidine groups is 1. The third-order valence-electron chi connectivity index (χ3n) is 5.28. The summed E-state index contributed by atoms with van der Waals surface area (Å²) in [5.41, 5.74) is 0.937. The highest BCUT2D eigenvalue weighted by Crippen LogP contribution is 2.40. The number of halogens is 3. The Bertz CT molecular complexity index is 654. The summed E-state index contributed by atoms with van der Waals surface area (Å²) in [4.78, 5) is 7.07. The van der Waals surface area contributed by atoms with Crippen LogP contribution in [0.15, 0.2) is 23.2 Å². The third-order valence-corrected chi connectivity index (χ3v) is 5.83. The fourth-order valence-corrected chi connectivity index (χ4v) is 4.39. The van der Waals surface area contributed by atoms with Crippen LogP contribution in [0.25, 0.3) is 0 Å². The maximum Gasteiger partial charge on any atom is 0.194 e. The summed E-state index contributed by atoms with van der Waals surface area (Å²) in [5.74, 6) is 0.861. The summed E-state index contributed by atoms with van der Waals surface area (Å²) in [6.45, 7) is 6.34. The molecule has 2 aliphatic rings. The van der Waals surface area contributed by atoms with Gasteiger partial charge in [-0.1, -0.05) is 29.3 Å². The van der Waals surface area contributed by atoms with E-state index in [0.29, 0.717) is 36.3 Å². The average molecular weight is 528 g/mol. The van der Waals surface area contributed by atoms with Crippen LogP contribution >= 0.6 is 47.2 Å². The first-order chi connectivity index (χ1) is 12.5. The van der Waals surface area contributed by atoms with Crippen molar-refractivity contribution in [2.45, 2.75) is 37.7 Å². The fourth-order valence-electron chi connectivity index (χ4n) is 3.78. The van der Waals surface area contributed by atoms with Crippen molar-refractivity contribution in [3.8, 4) is 0 Å². The van der Waals surface area contributed by atoms with Crippen molar-refractivity contribution in [2.24, 2.45) is 4.99 Å². The Kier molecular flexibility index (Phi) is 8.93. The molecule has 2 saturated heterocycles. The molecule has 2 fully saturated rings. The molecular formula is C19H28Cl2IN3O2. The van der Waals surface area contributed by atoms with Gasteiger partial charge in [0.2, 0.25) is 0 Å². The first-order valence-electron chi connectivity index (χ1n) is 9.29. The predicted molar refractivity (Wildman–Crippen MR) is 122 cm³/mol. The maximum atomic E-state index is 9.85. The number of hydrogen-bond acceptors (Lipinski definition) is 3. The van der Waals surface area contributed by atoms with Gasteiger partial charge in [-0.2, -0.15) is 0 Å². The zero-order chi connectivity index (χ0) is 18.6. The third kappa shape index (κ3) is 5.63. The lowest BCUT2D eigenvalue weighted by atomic mass is 9.74. The number of nitrogens with zero attached hydrogens (tertiary/aromatic N) is 2. The van der Waals surface area contributed by atoms with Gasteiger partial charge in [-0.25, -0.2) is 0 Å². The van der Waals surface area contributed by atoms with Crippen molar-refractivity contribution in [3.63, 3.8) is 0 Å². The van der Waals surface area contributed by atoms with Crippen LogP contribution in [0.5, 0.6) is 0 Å². The molecule has 1 atom stereocenters. The highest BCUT2D eigenvalue weighted by molar-refractivity contribution is 14.0. The number of benzene rings is 1. The lowest BCUT2D eigenvalue weighted by Gasteiger charge is -2.37. The Labute approximate surface area is 188 Å². The first kappa shape index (κ1) is 23.0. The predicted octanol–water partition coefficient (Wildman–Crippen LogP) is 3.69. The number of nitrogens with one attached hydrogen (secondary N) is 1. The lowest BCUT2D eigenvalue weighted by Crippen LogP contribution is -2.43. The second kappa shape index (κ2) is 10.5. The van der Waals surface area contributed by atoms with Gasteiger partial charge in [0.15, 0.2) is 5.96 Å². The van der Waals surface area contributed by atoms with Gasteiger partial charge in [0.05, 0.1) is 12.6 Å². The van der Waals surface area contributed by atoms with Crippen LogP contribution in [0.2, 0.25) is 10.0 Å². The van der Waals surface area contributed by atoms with E-state index in [0.717, 1.165) is 43.9 Å². The number of hydrogen-bond donors (Lipinski definition) is 2. The van der Waals surface area contributed by atoms with Gasteiger partial charge in [-0.05, 0) is 43.9 Å². The van der Waals surface area contributed by atoms with Crippen molar-refractivity contribution in [1.82, 2.24) is 10.2 Å². The van der Waals surface area contributed by atoms with Crippen LogP contribution in [-0.4, -0.2) is 61.5 Å². The van der Waals surface area contributed by atoms with Gasteiger partial charge < -0.3 is 20.1 Å². The Morgan fingerprint density at radius 1 is 1.37 bits per heavy atom. The van der Waals surface area contributed by atoms with Crippen LogP contribution in [-0.2, 0) is 10.2 Å². The number of aliphatic hydroxyl groups is 1. The van der Waals surface area contributed by atoms with Gasteiger partial charge in [-0.3, -0.25) is 4.99 Å². The number of aliphatic hydroxyl groups excluding tert-OH is 1. The average Bonchev–Trinajstić information content (AvgIpc) is 3.05. The number of likely N-dealkylation sites (tertiary alicyclic amines) is 1. The van der Waals surface area contributed by atoms with Crippen molar-refractivity contribution in [3.05, 3.63) is 33.8 Å². The minimum Gasteiger partial charge on any atom is -0.391 e. The minimum atomic E-state index is -0.276. The standard InChI is InChI=1S/C19H27Cl2N3O2.HI/c1-2-22-18(24-8-5-15(25)12-24)23-13-19(6-9-26-10-7-19)16-4-3-14(20)11-17(16)21;/h3-4,11,15,25H,2,5-10,12-13H2,1H3,(H,22,23);1H/t15-;/m1./s1. The zero-order valence-corrected chi connectivity index (χ0v) is 19.4. The molecule has 2 heterocycles. The van der Waals surface area contributed by atoms with E-state index in [1.54, 1.807) is 6.07 Å². The van der Waals surface area contributed by atoms with E-state index < -0.39 is 0 Å². The summed E-state index contributed by atoms with van der Waals surface area (Å²) in [6.07, 6.45) is 2.26. The molecule has 2 N–H and O–H groups in total. The highest BCUT2D eigenvalue weighted by atomic mass is 127. The lowest BCUT2D eigenvalue weighted by molar-refractivity contribution is 0.0530. The number of rotatable bonds is 4. The summed E-state index contributed by atoms with van der Waals surface area (Å²) in [6, 6.07) is 5.73. The van der Waals surface area contributed by atoms with Crippen LogP contribution in [0.3, 0.4) is 0 Å². The molecule has 5 nitrogen and oxygen atoms in total. The van der Waals surface area contributed by atoms with E-state index in [4.69, 9.17) is 32.9 Å². The topological polar surface area (TPSA) is 57.1 Å². The molecule has 27 heavy (non-hydrogen) atoms. The van der Waals surface area contributed by atoms with Crippen LogP contribution in [0.1, 0.15) is 31.7 Å². The van der Waals surface area contributed by atoms with Crippen molar-refractivity contribution >= 4 is 53.1 Å². The van der Waals surface area contributed by atoms with E-state index in [-0.39, 0.29) is 35.5 Å². The van der Waals surface area contributed by atoms with Crippen LogP contribution in [0.4, 0.5) is 0 Å². The molecule has 1 aromatic carbocycles. The van der Waals surface area contributed by atoms with Gasteiger partial charge in [0.1, 0.15) is 0 Å². The Balaban J connectivity index is 0.00000261. The number of β-amino-alcohol motifs (C(OH)–C–C–N with tert-alkyl or cyclic N) is 1. The molecule has 0 saturated carbocycles. The summed E-state index contributed by atoms with van der Waals surface area (Å²) >= 11 is 12.6. The van der Waals surface area contributed by atoms with Crippen molar-refractivity contribution in [1.29, 1.82) is 0 Å². The fraction of sp³-hybridized carbons (Fsp3) is 0.632. The Hall–Kier alpha value is -0.280. The molecule has 0 unspecified atom stereocenters. The molecule has 1 aromatic rings. The maximum absolute atomic E-state index is 9.85. The Morgan fingerprint density at radius 3 is 2.70 bits per heavy atom. The molecule has 2 aliphatic heterocycles. The quantitative estimate of drug-likeness (QED) is 0.356. The van der Waals surface area contributed by atoms with Crippen molar-refractivity contribution in [2.75, 3.05) is 39.4 Å². The van der Waals surface area contributed by atoms with Crippen LogP contribution in [0, 0.1) is 0 Å². The largest absolute Gasteiger partial charge is 0.391 e. The molecule has 0 radical (unpaired) electrons. The van der Waals surface area contributed by atoms with E-state index in [1.165, 1.54) is 0 Å². The first-order valence-corrected chi connectivity index (χ1v) is 10.0. The number of ether oxygens (including phenoxy) is 1. The number of aliphatic imine (C=N–C) groups is 1. The van der Waals surface area contributed by atoms with E-state index in [2.05, 4.69) is 17.1 Å². The normalized spacial score (nSPS) is 22.4. The monoisotopic (exact) mass is 527 g/mol. The molecule has 3 rings (SSSR count). The smallest absolute Gasteiger partial charge is 0.194 e. The molecule has 0 spiro atoms. The van der Waals surface area contributed by atoms with Gasteiger partial charge in [0.25, 0.3) is 0 Å². The second-order valence-electron chi connectivity index (χ2n) is 7.08. The molecule has 0 aliphatic carbocycles. The van der Waals surface area contributed by atoms with E-state index in [1.807, 2.05) is 12.1 Å². The molecule has 0 bridgehead atoms. The molecule has 0 amide bonds. The molecule has 8 heteroatoms. The highest BCUT2D eigenvalue weighted by Gasteiger charge is 2.36.